The van der Waals surface area contributed by atoms with E-state index in [4.69, 9.17) is 9.26 Å². The molecule has 0 bridgehead atoms. The Hall–Kier alpha value is -3.64. The van der Waals surface area contributed by atoms with E-state index >= 15 is 0 Å². The van der Waals surface area contributed by atoms with E-state index in [9.17, 15) is 19.2 Å². The van der Waals surface area contributed by atoms with E-state index < -0.39 is 17.3 Å². The predicted molar refractivity (Wildman–Crippen MR) is 121 cm³/mol. The molecular formula is C25H25FN4O4. The summed E-state index contributed by atoms with van der Waals surface area (Å²) in [5.41, 5.74) is 0.0982. The number of methoxy groups -OCH3 is 1. The molecule has 2 atom stereocenters. The minimum absolute atomic E-state index is 0.0990. The number of nitrogens with zero attached hydrogens (tertiary/aromatic N) is 4. The molecule has 4 rings (SSSR count). The first-order valence-corrected chi connectivity index (χ1v) is 10.9. The number of likely N-dealkylation sites (tertiary alicyclic amines) is 1. The molecule has 2 aromatic heterocycles. The summed E-state index contributed by atoms with van der Waals surface area (Å²) in [5.74, 6) is -0.0875. The molecule has 1 unspecified atom stereocenters. The fourth-order valence-electron chi connectivity index (χ4n) is 4.66. The van der Waals surface area contributed by atoms with Gasteiger partial charge < -0.3 is 9.26 Å². The van der Waals surface area contributed by atoms with Gasteiger partial charge in [-0.05, 0) is 44.5 Å². The monoisotopic (exact) mass is 464 g/mol. The zero-order chi connectivity index (χ0) is 24.7. The number of pyridine rings is 1. The molecule has 0 aliphatic carbocycles. The minimum Gasteiger partial charge on any atom is -0.361 e. The van der Waals surface area contributed by atoms with Gasteiger partial charge in [0.25, 0.3) is 0 Å². The van der Waals surface area contributed by atoms with Crippen molar-refractivity contribution in [3.05, 3.63) is 47.5 Å². The van der Waals surface area contributed by atoms with Gasteiger partial charge in [0.05, 0.1) is 17.8 Å². The second-order valence-corrected chi connectivity index (χ2v) is 8.88. The van der Waals surface area contributed by atoms with E-state index in [1.54, 1.807) is 12.3 Å². The van der Waals surface area contributed by atoms with E-state index in [1.807, 2.05) is 38.1 Å². The van der Waals surface area contributed by atoms with Crippen molar-refractivity contribution >= 4 is 22.6 Å². The second-order valence-electron chi connectivity index (χ2n) is 8.88. The van der Waals surface area contributed by atoms with Crippen LogP contribution < -0.4 is 0 Å². The Morgan fingerprint density at radius 2 is 2.06 bits per heavy atom. The number of amides is 1. The van der Waals surface area contributed by atoms with Crippen LogP contribution in [0.1, 0.15) is 48.0 Å². The highest BCUT2D eigenvalue weighted by Crippen LogP contribution is 2.39. The Kier molecular flexibility index (Phi) is 5.96. The van der Waals surface area contributed by atoms with E-state index in [2.05, 4.69) is 10.1 Å². The minimum atomic E-state index is -1.75. The van der Waals surface area contributed by atoms with Gasteiger partial charge in [-0.15, -0.1) is 0 Å². The van der Waals surface area contributed by atoms with E-state index in [1.165, 1.54) is 14.0 Å². The van der Waals surface area contributed by atoms with Gasteiger partial charge in [-0.2, -0.15) is 5.26 Å². The number of rotatable bonds is 6. The lowest BCUT2D eigenvalue weighted by Crippen LogP contribution is -2.47. The van der Waals surface area contributed by atoms with E-state index in [-0.39, 0.29) is 31.6 Å². The molecule has 1 aliphatic rings. The van der Waals surface area contributed by atoms with Gasteiger partial charge in [0.2, 0.25) is 11.6 Å². The average molecular weight is 464 g/mol. The number of ketones is 1. The fourth-order valence-corrected chi connectivity index (χ4v) is 4.66. The largest absolute Gasteiger partial charge is 0.361 e. The summed E-state index contributed by atoms with van der Waals surface area (Å²) in [4.78, 5) is 31.5. The molecule has 1 aliphatic heterocycles. The van der Waals surface area contributed by atoms with Gasteiger partial charge in [0.1, 0.15) is 17.5 Å². The van der Waals surface area contributed by atoms with Crippen LogP contribution in [0.15, 0.2) is 35.0 Å². The first-order chi connectivity index (χ1) is 16.1. The third kappa shape index (κ3) is 4.05. The number of aryl methyl sites for hydroxylation is 2. The normalized spacial score (nSPS) is 22.2. The number of alkyl halides is 1. The predicted octanol–water partition coefficient (Wildman–Crippen LogP) is 4.30. The SMILES string of the molecule is CO[C@@]1(C#N)CC(C)(F)CN1C(=O)CCC(=O)c1ccnc2ccc(-c3c(C)noc3C)cc12. The number of ether oxygens (including phenoxy) is 1. The molecule has 1 saturated heterocycles. The van der Waals surface area contributed by atoms with Crippen molar-refractivity contribution in [1.82, 2.24) is 15.0 Å². The summed E-state index contributed by atoms with van der Waals surface area (Å²) in [6.45, 7) is 4.73. The number of hydrogen-bond donors (Lipinski definition) is 0. The van der Waals surface area contributed by atoms with E-state index in [0.29, 0.717) is 22.2 Å². The zero-order valence-electron chi connectivity index (χ0n) is 19.5. The molecule has 3 aromatic rings. The maximum Gasteiger partial charge on any atom is 0.235 e. The molecule has 34 heavy (non-hydrogen) atoms. The summed E-state index contributed by atoms with van der Waals surface area (Å²) in [7, 11) is 1.27. The molecule has 1 fully saturated rings. The summed E-state index contributed by atoms with van der Waals surface area (Å²) in [6, 6.07) is 9.13. The van der Waals surface area contributed by atoms with Crippen LogP contribution in [0.5, 0.6) is 0 Å². The molecule has 8 nitrogen and oxygen atoms in total. The quantitative estimate of drug-likeness (QED) is 0.500. The molecule has 0 radical (unpaired) electrons. The lowest BCUT2D eigenvalue weighted by molar-refractivity contribution is -0.148. The lowest BCUT2D eigenvalue weighted by atomic mass is 9.97. The Bertz CT molecular complexity index is 1310. The maximum atomic E-state index is 14.6. The average Bonchev–Trinajstić information content (AvgIpc) is 3.31. The van der Waals surface area contributed by atoms with E-state index in [0.717, 1.165) is 21.7 Å². The number of fused-ring (bicyclic) bond motifs is 1. The summed E-state index contributed by atoms with van der Waals surface area (Å²) in [6.07, 6.45) is 1.03. The van der Waals surface area contributed by atoms with Crippen molar-refractivity contribution in [2.45, 2.75) is 51.4 Å². The van der Waals surface area contributed by atoms with Gasteiger partial charge in [-0.25, -0.2) is 4.39 Å². The Morgan fingerprint density at radius 1 is 1.29 bits per heavy atom. The zero-order valence-corrected chi connectivity index (χ0v) is 19.5. The maximum absolute atomic E-state index is 14.6. The van der Waals surface area contributed by atoms with Gasteiger partial charge in [0.15, 0.2) is 5.78 Å². The Balaban J connectivity index is 1.58. The molecule has 3 heterocycles. The summed E-state index contributed by atoms with van der Waals surface area (Å²) in [5, 5.41) is 14.2. The number of benzene rings is 1. The first kappa shape index (κ1) is 23.5. The van der Waals surface area contributed by atoms with Gasteiger partial charge in [-0.1, -0.05) is 11.2 Å². The summed E-state index contributed by atoms with van der Waals surface area (Å²) >= 11 is 0. The first-order valence-electron chi connectivity index (χ1n) is 10.9. The number of carbonyl (C=O) groups is 2. The van der Waals surface area contributed by atoms with Crippen LogP contribution in [-0.2, 0) is 9.53 Å². The topological polar surface area (TPSA) is 109 Å². The molecule has 9 heteroatoms. The third-order valence-corrected chi connectivity index (χ3v) is 6.28. The molecule has 1 amide bonds. The van der Waals surface area contributed by atoms with Crippen LogP contribution in [0.25, 0.3) is 22.0 Å². The van der Waals surface area contributed by atoms with Crippen molar-refractivity contribution in [2.75, 3.05) is 13.7 Å². The van der Waals surface area contributed by atoms with Gasteiger partial charge >= 0.3 is 0 Å². The second kappa shape index (κ2) is 8.61. The van der Waals surface area contributed by atoms with Crippen LogP contribution in [0.3, 0.4) is 0 Å². The van der Waals surface area contributed by atoms with Gasteiger partial charge in [-0.3, -0.25) is 19.5 Å². The molecular weight excluding hydrogens is 439 g/mol. The number of hydrogen-bond acceptors (Lipinski definition) is 7. The summed E-state index contributed by atoms with van der Waals surface area (Å²) < 4.78 is 25.1. The number of aromatic nitrogens is 2. The highest BCUT2D eigenvalue weighted by Gasteiger charge is 2.54. The van der Waals surface area contributed by atoms with Gasteiger partial charge in [0, 0.05) is 49.1 Å². The number of nitriles is 1. The molecule has 0 spiro atoms. The molecule has 0 saturated carbocycles. The number of Topliss-reactive ketones (excluding diaryl/α,β-unsaturated/α-hetero) is 1. The Morgan fingerprint density at radius 3 is 2.71 bits per heavy atom. The van der Waals surface area contributed by atoms with Crippen LogP contribution in [-0.4, -0.2) is 51.8 Å². The fraction of sp³-hybridized carbons (Fsp3) is 0.400. The smallest absolute Gasteiger partial charge is 0.235 e. The van der Waals surface area contributed by atoms with Crippen LogP contribution in [0.4, 0.5) is 4.39 Å². The molecule has 0 N–H and O–H groups in total. The Labute approximate surface area is 196 Å². The van der Waals surface area contributed by atoms with Crippen LogP contribution >= 0.6 is 0 Å². The highest BCUT2D eigenvalue weighted by atomic mass is 19.1. The van der Waals surface area contributed by atoms with Crippen LogP contribution in [0, 0.1) is 25.2 Å². The standard InChI is InChI=1S/C25H25FN4O4/c1-15-23(16(2)34-29-15)17-5-6-20-19(11-17)18(9-10-28-20)21(31)7-8-22(32)30-14-24(3,26)12-25(30,13-27)33-4/h5-6,9-11H,7-8,12,14H2,1-4H3/t24?,25-/m1/s1. The van der Waals surface area contributed by atoms with Crippen molar-refractivity contribution in [1.29, 1.82) is 5.26 Å². The molecule has 1 aromatic carbocycles. The third-order valence-electron chi connectivity index (χ3n) is 6.28. The van der Waals surface area contributed by atoms with Crippen molar-refractivity contribution in [3.63, 3.8) is 0 Å². The van der Waals surface area contributed by atoms with Crippen LogP contribution in [0.2, 0.25) is 0 Å². The van der Waals surface area contributed by atoms with Crippen molar-refractivity contribution < 1.29 is 23.2 Å². The number of carbonyl (C=O) groups excluding carboxylic acids is 2. The lowest BCUT2D eigenvalue weighted by Gasteiger charge is -2.30. The highest BCUT2D eigenvalue weighted by molar-refractivity contribution is 6.08. The van der Waals surface area contributed by atoms with Crippen molar-refractivity contribution in [3.8, 4) is 17.2 Å². The molecule has 176 valence electrons. The van der Waals surface area contributed by atoms with Crippen molar-refractivity contribution in [2.24, 2.45) is 0 Å². The number of halogens is 1.